The summed E-state index contributed by atoms with van der Waals surface area (Å²) in [6.07, 6.45) is 1.62. The Kier molecular flexibility index (Phi) is 4.52. The predicted octanol–water partition coefficient (Wildman–Crippen LogP) is 6.05. The molecule has 5 heteroatoms. The Morgan fingerprint density at radius 2 is 1.67 bits per heavy atom. The van der Waals surface area contributed by atoms with Crippen LogP contribution in [-0.4, -0.2) is 6.21 Å². The van der Waals surface area contributed by atoms with Gasteiger partial charge >= 0.3 is 0 Å². The fraction of sp³-hybridized carbons (Fsp3) is 0. The van der Waals surface area contributed by atoms with Crippen LogP contribution in [0.5, 0.6) is 0 Å². The molecule has 0 aromatic heterocycles. The van der Waals surface area contributed by atoms with Crippen molar-refractivity contribution in [3.8, 4) is 0 Å². The van der Waals surface area contributed by atoms with Crippen molar-refractivity contribution in [2.24, 2.45) is 4.99 Å². The van der Waals surface area contributed by atoms with Crippen molar-refractivity contribution in [2.75, 3.05) is 0 Å². The van der Waals surface area contributed by atoms with Crippen LogP contribution in [0.25, 0.3) is 0 Å². The lowest BCUT2D eigenvalue weighted by Crippen LogP contribution is -1.84. The highest BCUT2D eigenvalue weighted by molar-refractivity contribution is 6.48. The minimum Gasteiger partial charge on any atom is -0.256 e. The smallest absolute Gasteiger partial charge is 0.0785 e. The molecule has 2 rings (SSSR count). The monoisotopic (exact) mass is 317 g/mol. The van der Waals surface area contributed by atoms with E-state index in [9.17, 15) is 0 Å². The Labute approximate surface area is 125 Å². The van der Waals surface area contributed by atoms with Crippen LogP contribution in [0.3, 0.4) is 0 Å². The molecule has 0 radical (unpaired) electrons. The molecule has 0 fully saturated rings. The first-order valence-corrected chi connectivity index (χ1v) is 6.52. The number of nitrogens with zero attached hydrogens (tertiary/aromatic N) is 1. The Bertz CT molecular complexity index is 608. The van der Waals surface area contributed by atoms with Crippen molar-refractivity contribution in [1.29, 1.82) is 0 Å². The molecule has 0 N–H and O–H groups in total. The molecular formula is C13H7Cl4N. The fourth-order valence-corrected chi connectivity index (χ4v) is 2.12. The Morgan fingerprint density at radius 3 is 2.39 bits per heavy atom. The molecule has 0 saturated heterocycles. The first-order chi connectivity index (χ1) is 8.58. The number of benzene rings is 2. The van der Waals surface area contributed by atoms with Gasteiger partial charge in [-0.05, 0) is 24.3 Å². The zero-order valence-electron chi connectivity index (χ0n) is 9.00. The first-order valence-electron chi connectivity index (χ1n) is 5.01. The summed E-state index contributed by atoms with van der Waals surface area (Å²) in [5.74, 6) is 0. The molecule has 0 saturated carbocycles. The quantitative estimate of drug-likeness (QED) is 0.472. The number of hydrogen-bond donors (Lipinski definition) is 0. The highest BCUT2D eigenvalue weighted by Gasteiger charge is 2.06. The molecule has 0 bridgehead atoms. The van der Waals surface area contributed by atoms with E-state index in [2.05, 4.69) is 4.99 Å². The maximum absolute atomic E-state index is 6.06. The number of rotatable bonds is 2. The minimum atomic E-state index is 0.327. The van der Waals surface area contributed by atoms with E-state index >= 15 is 0 Å². The highest BCUT2D eigenvalue weighted by atomic mass is 35.5. The van der Waals surface area contributed by atoms with Crippen molar-refractivity contribution in [3.63, 3.8) is 0 Å². The van der Waals surface area contributed by atoms with Gasteiger partial charge in [0.2, 0.25) is 0 Å². The molecule has 0 spiro atoms. The van der Waals surface area contributed by atoms with Crippen LogP contribution in [0.4, 0.5) is 5.69 Å². The number of halogens is 4. The van der Waals surface area contributed by atoms with E-state index in [0.717, 1.165) is 5.69 Å². The van der Waals surface area contributed by atoms with E-state index in [4.69, 9.17) is 46.4 Å². The third-order valence-corrected chi connectivity index (χ3v) is 3.77. The summed E-state index contributed by atoms with van der Waals surface area (Å²) in [6, 6.07) is 10.6. The summed E-state index contributed by atoms with van der Waals surface area (Å²) in [7, 11) is 0. The molecule has 0 aliphatic carbocycles. The standard InChI is InChI=1S/C13H7Cl4N/c14-9-2-1-3-10(6-9)18-7-8-4-5-11(15)13(17)12(8)16/h1-7H. The van der Waals surface area contributed by atoms with Crippen molar-refractivity contribution >= 4 is 58.3 Å². The van der Waals surface area contributed by atoms with Gasteiger partial charge in [-0.15, -0.1) is 0 Å². The second-order valence-electron chi connectivity index (χ2n) is 3.50. The van der Waals surface area contributed by atoms with Crippen molar-refractivity contribution < 1.29 is 0 Å². The maximum atomic E-state index is 6.06. The second-order valence-corrected chi connectivity index (χ2v) is 5.10. The second kappa shape index (κ2) is 5.94. The Hall–Kier alpha value is -0.730. The average molecular weight is 319 g/mol. The molecule has 0 atom stereocenters. The summed E-state index contributed by atoms with van der Waals surface area (Å²) in [4.78, 5) is 4.27. The Balaban J connectivity index is 2.32. The molecule has 2 aromatic rings. The molecule has 0 heterocycles. The van der Waals surface area contributed by atoms with Crippen LogP contribution in [0.15, 0.2) is 41.4 Å². The van der Waals surface area contributed by atoms with Gasteiger partial charge in [0.1, 0.15) is 0 Å². The van der Waals surface area contributed by atoms with E-state index in [0.29, 0.717) is 25.7 Å². The van der Waals surface area contributed by atoms with E-state index < -0.39 is 0 Å². The first kappa shape index (κ1) is 13.7. The molecule has 0 amide bonds. The van der Waals surface area contributed by atoms with Crippen LogP contribution in [0.2, 0.25) is 20.1 Å². The summed E-state index contributed by atoms with van der Waals surface area (Å²) >= 11 is 23.7. The normalized spacial score (nSPS) is 11.1. The largest absolute Gasteiger partial charge is 0.256 e. The van der Waals surface area contributed by atoms with Gasteiger partial charge in [-0.1, -0.05) is 58.5 Å². The molecule has 2 aromatic carbocycles. The fourth-order valence-electron chi connectivity index (χ4n) is 1.34. The van der Waals surface area contributed by atoms with Gasteiger partial charge < -0.3 is 0 Å². The van der Waals surface area contributed by atoms with E-state index in [1.54, 1.807) is 30.5 Å². The van der Waals surface area contributed by atoms with Gasteiger partial charge in [0.15, 0.2) is 0 Å². The third kappa shape index (κ3) is 3.18. The van der Waals surface area contributed by atoms with Crippen molar-refractivity contribution in [3.05, 3.63) is 62.1 Å². The highest BCUT2D eigenvalue weighted by Crippen LogP contribution is 2.32. The lowest BCUT2D eigenvalue weighted by Gasteiger charge is -2.02. The van der Waals surface area contributed by atoms with Gasteiger partial charge in [-0.25, -0.2) is 0 Å². The summed E-state index contributed by atoms with van der Waals surface area (Å²) < 4.78 is 0. The predicted molar refractivity (Wildman–Crippen MR) is 80.2 cm³/mol. The van der Waals surface area contributed by atoms with Gasteiger partial charge in [0.05, 0.1) is 20.8 Å². The van der Waals surface area contributed by atoms with E-state index in [1.807, 2.05) is 12.1 Å². The molecular weight excluding hydrogens is 312 g/mol. The molecule has 0 aliphatic heterocycles. The van der Waals surface area contributed by atoms with Crippen molar-refractivity contribution in [1.82, 2.24) is 0 Å². The van der Waals surface area contributed by atoms with E-state index in [1.165, 1.54) is 0 Å². The zero-order valence-corrected chi connectivity index (χ0v) is 12.0. The number of hydrogen-bond acceptors (Lipinski definition) is 1. The molecule has 1 nitrogen and oxygen atoms in total. The van der Waals surface area contributed by atoms with Crippen LogP contribution in [0, 0.1) is 0 Å². The SMILES string of the molecule is Clc1cccc(N=Cc2ccc(Cl)c(Cl)c2Cl)c1. The zero-order chi connectivity index (χ0) is 13.1. The molecule has 18 heavy (non-hydrogen) atoms. The van der Waals surface area contributed by atoms with Crippen molar-refractivity contribution in [2.45, 2.75) is 0 Å². The van der Waals surface area contributed by atoms with Crippen LogP contribution < -0.4 is 0 Å². The topological polar surface area (TPSA) is 12.4 Å². The molecule has 92 valence electrons. The van der Waals surface area contributed by atoms with Gasteiger partial charge in [0, 0.05) is 16.8 Å². The lowest BCUT2D eigenvalue weighted by molar-refractivity contribution is 1.52. The number of aliphatic imine (C=N–C) groups is 1. The summed E-state index contributed by atoms with van der Waals surface area (Å²) in [5, 5.41) is 1.76. The minimum absolute atomic E-state index is 0.327. The van der Waals surface area contributed by atoms with Crippen LogP contribution >= 0.6 is 46.4 Å². The van der Waals surface area contributed by atoms with Gasteiger partial charge in [-0.3, -0.25) is 4.99 Å². The van der Waals surface area contributed by atoms with Crippen LogP contribution in [0.1, 0.15) is 5.56 Å². The Morgan fingerprint density at radius 1 is 0.889 bits per heavy atom. The maximum Gasteiger partial charge on any atom is 0.0785 e. The lowest BCUT2D eigenvalue weighted by atomic mass is 10.2. The summed E-state index contributed by atoms with van der Waals surface area (Å²) in [6.45, 7) is 0. The van der Waals surface area contributed by atoms with Crippen LogP contribution in [-0.2, 0) is 0 Å². The van der Waals surface area contributed by atoms with Gasteiger partial charge in [0.25, 0.3) is 0 Å². The van der Waals surface area contributed by atoms with Gasteiger partial charge in [-0.2, -0.15) is 0 Å². The third-order valence-electron chi connectivity index (χ3n) is 2.23. The molecule has 0 aliphatic rings. The molecule has 0 unspecified atom stereocenters. The average Bonchev–Trinajstić information content (AvgIpc) is 2.35. The summed E-state index contributed by atoms with van der Waals surface area (Å²) in [5.41, 5.74) is 1.44. The van der Waals surface area contributed by atoms with E-state index in [-0.39, 0.29) is 0 Å².